The van der Waals surface area contributed by atoms with Crippen molar-refractivity contribution in [1.29, 1.82) is 0 Å². The molecule has 5 N–H and O–H groups in total. The number of carbonyl (C=O) groups is 3. The molecule has 0 atom stereocenters. The summed E-state index contributed by atoms with van der Waals surface area (Å²) < 4.78 is 21.2. The third kappa shape index (κ3) is 26.6. The van der Waals surface area contributed by atoms with Crippen LogP contribution in [-0.4, -0.2) is 117 Å². The van der Waals surface area contributed by atoms with Gasteiger partial charge in [0.1, 0.15) is 13.2 Å². The molecule has 0 saturated carbocycles. The molecule has 0 aromatic rings. The maximum Gasteiger partial charge on any atom is 0.246 e. The molecule has 0 heterocycles. The highest BCUT2D eigenvalue weighted by Crippen LogP contribution is 1.92. The Morgan fingerprint density at radius 2 is 0.943 bits per heavy atom. The molecule has 35 heavy (non-hydrogen) atoms. The molecule has 0 saturated heterocycles. The SMILES string of the molecule is CNCCCCCNC(=O)COCCOCCNC(=O)COCCOCCNC(=O)CCCNC. The van der Waals surface area contributed by atoms with E-state index in [4.69, 9.17) is 18.9 Å². The summed E-state index contributed by atoms with van der Waals surface area (Å²) in [6, 6.07) is 0. The Balaban J connectivity index is 3.31. The molecular formula is C23H47N5O7. The smallest absolute Gasteiger partial charge is 0.246 e. The predicted octanol–water partition coefficient (Wildman–Crippen LogP) is -1.21. The molecule has 0 aliphatic carbocycles. The number of ether oxygens (including phenoxy) is 4. The third-order valence-corrected chi connectivity index (χ3v) is 4.60. The third-order valence-electron chi connectivity index (χ3n) is 4.60. The zero-order valence-corrected chi connectivity index (χ0v) is 21.6. The molecule has 3 amide bonds. The van der Waals surface area contributed by atoms with E-state index >= 15 is 0 Å². The van der Waals surface area contributed by atoms with Gasteiger partial charge in [-0.1, -0.05) is 6.42 Å². The van der Waals surface area contributed by atoms with Crippen molar-refractivity contribution in [1.82, 2.24) is 26.6 Å². The second-order valence-electron chi connectivity index (χ2n) is 7.75. The Hall–Kier alpha value is -1.83. The van der Waals surface area contributed by atoms with E-state index in [0.717, 1.165) is 38.8 Å². The van der Waals surface area contributed by atoms with Gasteiger partial charge in [0, 0.05) is 26.1 Å². The summed E-state index contributed by atoms with van der Waals surface area (Å²) >= 11 is 0. The largest absolute Gasteiger partial charge is 0.377 e. The standard InChI is InChI=1S/C23H47N5O7/c1-24-8-4-3-5-10-26-22(30)19-34-17-16-33-14-12-28-23(31)20-35-18-15-32-13-11-27-21(29)7-6-9-25-2/h24-25H,3-20H2,1-2H3,(H,26,30)(H,27,29)(H,28,31). The number of carbonyl (C=O) groups excluding carboxylic acids is 3. The molecule has 12 heteroatoms. The van der Waals surface area contributed by atoms with E-state index in [9.17, 15) is 14.4 Å². The molecule has 0 aliphatic rings. The van der Waals surface area contributed by atoms with Crippen LogP contribution in [0.15, 0.2) is 0 Å². The molecule has 12 nitrogen and oxygen atoms in total. The first kappa shape index (κ1) is 33.2. The van der Waals surface area contributed by atoms with Crippen LogP contribution < -0.4 is 26.6 Å². The Morgan fingerprint density at radius 3 is 1.51 bits per heavy atom. The van der Waals surface area contributed by atoms with E-state index in [0.29, 0.717) is 65.7 Å². The van der Waals surface area contributed by atoms with Crippen LogP contribution in [-0.2, 0) is 33.3 Å². The lowest BCUT2D eigenvalue weighted by Crippen LogP contribution is -2.31. The Kier molecular flexibility index (Phi) is 25.4. The number of unbranched alkanes of at least 4 members (excludes halogenated alkanes) is 2. The Morgan fingerprint density at radius 1 is 0.486 bits per heavy atom. The van der Waals surface area contributed by atoms with Crippen LogP contribution in [0.25, 0.3) is 0 Å². The fourth-order valence-corrected chi connectivity index (χ4v) is 2.74. The summed E-state index contributed by atoms with van der Waals surface area (Å²) in [6.07, 6.45) is 4.43. The predicted molar refractivity (Wildman–Crippen MR) is 133 cm³/mol. The van der Waals surface area contributed by atoms with E-state index < -0.39 is 0 Å². The van der Waals surface area contributed by atoms with Crippen molar-refractivity contribution in [2.45, 2.75) is 32.1 Å². The molecule has 206 valence electrons. The average Bonchev–Trinajstić information content (AvgIpc) is 2.84. The molecule has 0 bridgehead atoms. The highest BCUT2D eigenvalue weighted by Gasteiger charge is 2.03. The average molecular weight is 506 g/mol. The van der Waals surface area contributed by atoms with Crippen LogP contribution in [0.4, 0.5) is 0 Å². The minimum Gasteiger partial charge on any atom is -0.377 e. The molecule has 0 aromatic carbocycles. The summed E-state index contributed by atoms with van der Waals surface area (Å²) in [6.45, 7) is 5.29. The van der Waals surface area contributed by atoms with Crippen molar-refractivity contribution in [2.75, 3.05) is 99.7 Å². The summed E-state index contributed by atoms with van der Waals surface area (Å²) in [5.41, 5.74) is 0. The molecule has 0 aromatic heterocycles. The number of hydrogen-bond acceptors (Lipinski definition) is 9. The van der Waals surface area contributed by atoms with Crippen molar-refractivity contribution >= 4 is 17.7 Å². The van der Waals surface area contributed by atoms with Crippen LogP contribution in [0, 0.1) is 0 Å². The van der Waals surface area contributed by atoms with Gasteiger partial charge in [-0.05, 0) is 46.4 Å². The molecule has 0 unspecified atom stereocenters. The first-order valence-corrected chi connectivity index (χ1v) is 12.5. The van der Waals surface area contributed by atoms with Crippen LogP contribution in [0.1, 0.15) is 32.1 Å². The highest BCUT2D eigenvalue weighted by atomic mass is 16.5. The summed E-state index contributed by atoms with van der Waals surface area (Å²) in [4.78, 5) is 34.8. The second kappa shape index (κ2) is 26.8. The van der Waals surface area contributed by atoms with Gasteiger partial charge in [-0.25, -0.2) is 0 Å². The fraction of sp³-hybridized carbons (Fsp3) is 0.870. The van der Waals surface area contributed by atoms with E-state index in [1.807, 2.05) is 14.1 Å². The van der Waals surface area contributed by atoms with Crippen molar-refractivity contribution in [3.05, 3.63) is 0 Å². The Labute approximate surface area is 209 Å². The molecule has 0 aliphatic heterocycles. The van der Waals surface area contributed by atoms with Crippen molar-refractivity contribution in [2.24, 2.45) is 0 Å². The summed E-state index contributed by atoms with van der Waals surface area (Å²) in [5, 5.41) is 14.4. The van der Waals surface area contributed by atoms with Gasteiger partial charge in [-0.3, -0.25) is 14.4 Å². The van der Waals surface area contributed by atoms with Gasteiger partial charge in [0.05, 0.1) is 39.6 Å². The quantitative estimate of drug-likeness (QED) is 0.0913. The fourth-order valence-electron chi connectivity index (χ4n) is 2.74. The van der Waals surface area contributed by atoms with E-state index in [2.05, 4.69) is 26.6 Å². The molecule has 0 radical (unpaired) electrons. The minimum absolute atomic E-state index is 0.0119. The van der Waals surface area contributed by atoms with E-state index in [1.54, 1.807) is 0 Å². The number of amides is 3. The van der Waals surface area contributed by atoms with E-state index in [1.165, 1.54) is 0 Å². The van der Waals surface area contributed by atoms with Crippen molar-refractivity contribution < 1.29 is 33.3 Å². The van der Waals surface area contributed by atoms with Gasteiger partial charge >= 0.3 is 0 Å². The van der Waals surface area contributed by atoms with Gasteiger partial charge in [-0.15, -0.1) is 0 Å². The zero-order chi connectivity index (χ0) is 25.8. The summed E-state index contributed by atoms with van der Waals surface area (Å²) in [5.74, 6) is -0.349. The van der Waals surface area contributed by atoms with Crippen LogP contribution in [0.3, 0.4) is 0 Å². The Bertz CT molecular complexity index is 526. The highest BCUT2D eigenvalue weighted by molar-refractivity contribution is 5.77. The monoisotopic (exact) mass is 505 g/mol. The van der Waals surface area contributed by atoms with E-state index in [-0.39, 0.29) is 30.9 Å². The van der Waals surface area contributed by atoms with Crippen molar-refractivity contribution in [3.63, 3.8) is 0 Å². The zero-order valence-electron chi connectivity index (χ0n) is 21.6. The maximum absolute atomic E-state index is 11.7. The van der Waals surface area contributed by atoms with Gasteiger partial charge in [0.2, 0.25) is 17.7 Å². The van der Waals surface area contributed by atoms with Gasteiger partial charge < -0.3 is 45.5 Å². The number of hydrogen-bond donors (Lipinski definition) is 5. The molecule has 0 fully saturated rings. The number of rotatable bonds is 26. The summed E-state index contributed by atoms with van der Waals surface area (Å²) in [7, 11) is 3.78. The molecular weight excluding hydrogens is 458 g/mol. The molecule has 0 spiro atoms. The second-order valence-corrected chi connectivity index (χ2v) is 7.75. The van der Waals surface area contributed by atoms with Crippen molar-refractivity contribution in [3.8, 4) is 0 Å². The lowest BCUT2D eigenvalue weighted by atomic mass is 10.2. The molecule has 0 rings (SSSR count). The topological polar surface area (TPSA) is 148 Å². The van der Waals surface area contributed by atoms with Crippen LogP contribution >= 0.6 is 0 Å². The lowest BCUT2D eigenvalue weighted by molar-refractivity contribution is -0.127. The number of nitrogens with one attached hydrogen (secondary N) is 5. The first-order valence-electron chi connectivity index (χ1n) is 12.5. The minimum atomic E-state index is -0.235. The lowest BCUT2D eigenvalue weighted by Gasteiger charge is -2.09. The van der Waals surface area contributed by atoms with Gasteiger partial charge in [-0.2, -0.15) is 0 Å². The van der Waals surface area contributed by atoms with Crippen LogP contribution in [0.2, 0.25) is 0 Å². The normalized spacial score (nSPS) is 10.8. The van der Waals surface area contributed by atoms with Gasteiger partial charge in [0.15, 0.2) is 0 Å². The van der Waals surface area contributed by atoms with Gasteiger partial charge in [0.25, 0.3) is 0 Å². The van der Waals surface area contributed by atoms with Crippen LogP contribution in [0.5, 0.6) is 0 Å². The maximum atomic E-state index is 11.7. The first-order chi connectivity index (χ1) is 17.1.